The van der Waals surface area contributed by atoms with Gasteiger partial charge in [-0.3, -0.25) is 9.78 Å². The molecule has 2 rings (SSSR count). The number of pyridine rings is 1. The number of aromatic nitrogens is 1. The summed E-state index contributed by atoms with van der Waals surface area (Å²) in [7, 11) is 1.42. The molecule has 0 saturated carbocycles. The molecule has 0 spiro atoms. The van der Waals surface area contributed by atoms with Gasteiger partial charge in [-0.05, 0) is 18.2 Å². The van der Waals surface area contributed by atoms with Gasteiger partial charge in [0.1, 0.15) is 24.8 Å². The fourth-order valence-electron chi connectivity index (χ4n) is 1.99. The first-order valence-corrected chi connectivity index (χ1v) is 7.74. The van der Waals surface area contributed by atoms with Crippen LogP contribution in [-0.2, 0) is 9.53 Å². The zero-order chi connectivity index (χ0) is 18.8. The number of ether oxygens (including phenoxy) is 2. The summed E-state index contributed by atoms with van der Waals surface area (Å²) >= 11 is 0. The van der Waals surface area contributed by atoms with Crippen LogP contribution < -0.4 is 20.7 Å². The van der Waals surface area contributed by atoms with Crippen molar-refractivity contribution in [3.8, 4) is 5.75 Å². The summed E-state index contributed by atoms with van der Waals surface area (Å²) in [5.74, 6) is -0.616. The molecular weight excluding hydrogens is 343 g/mol. The molecule has 0 aliphatic heterocycles. The van der Waals surface area contributed by atoms with E-state index in [2.05, 4.69) is 25.7 Å². The minimum Gasteiger partial charge on any atom is -0.492 e. The largest absolute Gasteiger partial charge is 0.492 e. The number of amides is 3. The molecule has 9 heteroatoms. The molecule has 0 aliphatic carbocycles. The van der Waals surface area contributed by atoms with Crippen molar-refractivity contribution in [2.75, 3.05) is 37.5 Å². The number of benzene rings is 1. The number of urea groups is 1. The lowest BCUT2D eigenvalue weighted by molar-refractivity contribution is -0.124. The third kappa shape index (κ3) is 6.73. The molecular formula is C17H19FN4O4. The van der Waals surface area contributed by atoms with Crippen LogP contribution in [0.1, 0.15) is 0 Å². The van der Waals surface area contributed by atoms with Gasteiger partial charge >= 0.3 is 6.03 Å². The Morgan fingerprint density at radius 2 is 2.00 bits per heavy atom. The number of rotatable bonds is 8. The summed E-state index contributed by atoms with van der Waals surface area (Å²) in [6.07, 6.45) is 3.06. The van der Waals surface area contributed by atoms with Crippen molar-refractivity contribution in [1.82, 2.24) is 10.3 Å². The smallest absolute Gasteiger partial charge is 0.323 e. The first-order chi connectivity index (χ1) is 12.6. The Balaban J connectivity index is 1.86. The van der Waals surface area contributed by atoms with Crippen LogP contribution in [0.4, 0.5) is 20.6 Å². The van der Waals surface area contributed by atoms with Crippen molar-refractivity contribution < 1.29 is 23.5 Å². The molecule has 26 heavy (non-hydrogen) atoms. The Hall–Kier alpha value is -3.20. The van der Waals surface area contributed by atoms with Crippen LogP contribution >= 0.6 is 0 Å². The van der Waals surface area contributed by atoms with Gasteiger partial charge in [-0.25, -0.2) is 9.18 Å². The number of carbonyl (C=O) groups is 2. The average Bonchev–Trinajstić information content (AvgIpc) is 2.59. The minimum absolute atomic E-state index is 0.0416. The van der Waals surface area contributed by atoms with E-state index in [-0.39, 0.29) is 37.1 Å². The van der Waals surface area contributed by atoms with Crippen LogP contribution in [0.25, 0.3) is 0 Å². The Kier molecular flexibility index (Phi) is 7.31. The van der Waals surface area contributed by atoms with E-state index in [0.717, 1.165) is 6.07 Å². The Morgan fingerprint density at radius 3 is 2.73 bits per heavy atom. The zero-order valence-electron chi connectivity index (χ0n) is 14.1. The molecule has 8 nitrogen and oxygen atoms in total. The lowest BCUT2D eigenvalue weighted by Crippen LogP contribution is -2.30. The molecule has 0 saturated heterocycles. The number of hydrogen-bond acceptors (Lipinski definition) is 5. The fourth-order valence-corrected chi connectivity index (χ4v) is 1.99. The summed E-state index contributed by atoms with van der Waals surface area (Å²) < 4.78 is 23.8. The van der Waals surface area contributed by atoms with Crippen LogP contribution in [0.2, 0.25) is 0 Å². The molecule has 0 aliphatic rings. The Bertz CT molecular complexity index is 743. The normalized spacial score (nSPS) is 10.1. The molecule has 1 heterocycles. The number of carbonyl (C=O) groups excluding carboxylic acids is 2. The molecule has 0 radical (unpaired) electrons. The molecule has 3 N–H and O–H groups in total. The number of anilines is 2. The molecule has 3 amide bonds. The summed E-state index contributed by atoms with van der Waals surface area (Å²) in [4.78, 5) is 27.0. The van der Waals surface area contributed by atoms with E-state index in [0.29, 0.717) is 5.69 Å². The Morgan fingerprint density at radius 1 is 1.19 bits per heavy atom. The van der Waals surface area contributed by atoms with E-state index >= 15 is 0 Å². The van der Waals surface area contributed by atoms with Gasteiger partial charge in [0.05, 0.1) is 18.4 Å². The predicted octanol–water partition coefficient (Wildman–Crippen LogP) is 2.01. The number of methoxy groups -OCH3 is 1. The number of nitrogens with one attached hydrogen (secondary N) is 3. The lowest BCUT2D eigenvalue weighted by Gasteiger charge is -2.11. The number of halogens is 1. The third-order valence-corrected chi connectivity index (χ3v) is 3.02. The van der Waals surface area contributed by atoms with Crippen molar-refractivity contribution >= 4 is 23.3 Å². The Labute approximate surface area is 149 Å². The monoisotopic (exact) mass is 362 g/mol. The van der Waals surface area contributed by atoms with Crippen molar-refractivity contribution in [3.63, 3.8) is 0 Å². The van der Waals surface area contributed by atoms with Crippen LogP contribution in [-0.4, -0.2) is 43.8 Å². The molecule has 1 aromatic heterocycles. The van der Waals surface area contributed by atoms with Crippen molar-refractivity contribution in [1.29, 1.82) is 0 Å². The number of nitrogens with zero attached hydrogens (tertiary/aromatic N) is 1. The maximum Gasteiger partial charge on any atom is 0.323 e. The quantitative estimate of drug-likeness (QED) is 0.624. The zero-order valence-corrected chi connectivity index (χ0v) is 14.1. The molecule has 0 unspecified atom stereocenters. The maximum atomic E-state index is 13.7. The van der Waals surface area contributed by atoms with Gasteiger partial charge in [-0.15, -0.1) is 0 Å². The van der Waals surface area contributed by atoms with Crippen LogP contribution in [0.5, 0.6) is 5.75 Å². The fraction of sp³-hybridized carbons (Fsp3) is 0.235. The van der Waals surface area contributed by atoms with Crippen molar-refractivity contribution in [2.24, 2.45) is 0 Å². The maximum absolute atomic E-state index is 13.7. The topological polar surface area (TPSA) is 102 Å². The van der Waals surface area contributed by atoms with Gasteiger partial charge < -0.3 is 25.4 Å². The van der Waals surface area contributed by atoms with Crippen LogP contribution in [0.15, 0.2) is 42.7 Å². The highest BCUT2D eigenvalue weighted by atomic mass is 19.1. The summed E-state index contributed by atoms with van der Waals surface area (Å²) in [5, 5.41) is 7.66. The van der Waals surface area contributed by atoms with Gasteiger partial charge in [-0.2, -0.15) is 0 Å². The molecule has 0 atom stereocenters. The molecule has 0 bridgehead atoms. The van der Waals surface area contributed by atoms with Crippen molar-refractivity contribution in [2.45, 2.75) is 0 Å². The third-order valence-electron chi connectivity index (χ3n) is 3.02. The van der Waals surface area contributed by atoms with E-state index in [1.54, 1.807) is 18.3 Å². The predicted molar refractivity (Wildman–Crippen MR) is 93.7 cm³/mol. The van der Waals surface area contributed by atoms with E-state index in [4.69, 9.17) is 4.74 Å². The van der Waals surface area contributed by atoms with Crippen molar-refractivity contribution in [3.05, 3.63) is 48.5 Å². The average molecular weight is 362 g/mol. The lowest BCUT2D eigenvalue weighted by atomic mass is 10.3. The second kappa shape index (κ2) is 9.94. The minimum atomic E-state index is -0.567. The first kappa shape index (κ1) is 19.1. The standard InChI is InChI=1S/C17H19FN4O4/c1-25-11-16(23)20-5-6-26-15-8-12(18)7-14(9-15)22-17(24)21-13-3-2-4-19-10-13/h2-4,7-10H,5-6,11H2,1H3,(H,20,23)(H2,21,22,24). The van der Waals surface area contributed by atoms with E-state index < -0.39 is 11.8 Å². The summed E-state index contributed by atoms with van der Waals surface area (Å²) in [5.41, 5.74) is 0.731. The van der Waals surface area contributed by atoms with E-state index in [1.165, 1.54) is 25.4 Å². The van der Waals surface area contributed by atoms with Gasteiger partial charge in [0.25, 0.3) is 0 Å². The second-order valence-electron chi connectivity index (χ2n) is 5.13. The molecule has 0 fully saturated rings. The highest BCUT2D eigenvalue weighted by Gasteiger charge is 2.07. The van der Waals surface area contributed by atoms with Gasteiger partial charge in [-0.1, -0.05) is 0 Å². The highest BCUT2D eigenvalue weighted by Crippen LogP contribution is 2.20. The summed E-state index contributed by atoms with van der Waals surface area (Å²) in [6, 6.07) is 6.63. The van der Waals surface area contributed by atoms with E-state index in [9.17, 15) is 14.0 Å². The first-order valence-electron chi connectivity index (χ1n) is 7.74. The second-order valence-corrected chi connectivity index (χ2v) is 5.13. The van der Waals surface area contributed by atoms with Gasteiger partial charge in [0.15, 0.2) is 0 Å². The van der Waals surface area contributed by atoms with Crippen LogP contribution in [0, 0.1) is 5.82 Å². The molecule has 138 valence electrons. The van der Waals surface area contributed by atoms with Crippen LogP contribution in [0.3, 0.4) is 0 Å². The SMILES string of the molecule is COCC(=O)NCCOc1cc(F)cc(NC(=O)Nc2cccnc2)c1. The summed E-state index contributed by atoms with van der Waals surface area (Å²) in [6.45, 7) is 0.337. The number of hydrogen-bond donors (Lipinski definition) is 3. The highest BCUT2D eigenvalue weighted by molar-refractivity contribution is 5.99. The van der Waals surface area contributed by atoms with Gasteiger partial charge in [0.2, 0.25) is 5.91 Å². The van der Waals surface area contributed by atoms with E-state index in [1.807, 2.05) is 0 Å². The molecule has 2 aromatic rings. The molecule has 1 aromatic carbocycles. The van der Waals surface area contributed by atoms with Gasteiger partial charge in [0, 0.05) is 31.1 Å².